The number of halogens is 1. The van der Waals surface area contributed by atoms with Crippen LogP contribution in [-0.2, 0) is 15.6 Å². The first kappa shape index (κ1) is 14.7. The van der Waals surface area contributed by atoms with Crippen molar-refractivity contribution in [2.75, 3.05) is 5.73 Å². The third-order valence-electron chi connectivity index (χ3n) is 3.90. The SMILES string of the molecule is CC1CCCC(S(=O)(=O)Cc2c(N)cccc2Cl)C1. The molecule has 1 aromatic carbocycles. The van der Waals surface area contributed by atoms with E-state index in [2.05, 4.69) is 6.92 Å². The number of anilines is 1. The minimum Gasteiger partial charge on any atom is -0.398 e. The Balaban J connectivity index is 2.21. The highest BCUT2D eigenvalue weighted by molar-refractivity contribution is 7.91. The van der Waals surface area contributed by atoms with Crippen LogP contribution in [0.2, 0.25) is 5.02 Å². The lowest BCUT2D eigenvalue weighted by atomic mass is 9.91. The molecule has 3 nitrogen and oxygen atoms in total. The average molecular weight is 302 g/mol. The molecule has 0 bridgehead atoms. The molecule has 0 saturated heterocycles. The second-order valence-electron chi connectivity index (χ2n) is 5.51. The third-order valence-corrected chi connectivity index (χ3v) is 6.39. The van der Waals surface area contributed by atoms with Crippen LogP contribution in [0.15, 0.2) is 18.2 Å². The molecule has 1 saturated carbocycles. The molecule has 0 aromatic heterocycles. The third kappa shape index (κ3) is 3.42. The van der Waals surface area contributed by atoms with E-state index >= 15 is 0 Å². The molecule has 106 valence electrons. The molecular weight excluding hydrogens is 282 g/mol. The summed E-state index contributed by atoms with van der Waals surface area (Å²) in [5.74, 6) is 0.438. The summed E-state index contributed by atoms with van der Waals surface area (Å²) in [5, 5.41) is 0.194. The smallest absolute Gasteiger partial charge is 0.157 e. The molecule has 2 atom stereocenters. The van der Waals surface area contributed by atoms with Gasteiger partial charge in [0.15, 0.2) is 9.84 Å². The summed E-state index contributed by atoms with van der Waals surface area (Å²) < 4.78 is 25.0. The van der Waals surface area contributed by atoms with Crippen molar-refractivity contribution in [1.82, 2.24) is 0 Å². The van der Waals surface area contributed by atoms with Gasteiger partial charge in [0, 0.05) is 16.3 Å². The van der Waals surface area contributed by atoms with Gasteiger partial charge in [-0.2, -0.15) is 0 Å². The van der Waals surface area contributed by atoms with Gasteiger partial charge < -0.3 is 5.73 Å². The van der Waals surface area contributed by atoms with Crippen molar-refractivity contribution in [2.24, 2.45) is 5.92 Å². The van der Waals surface area contributed by atoms with Gasteiger partial charge in [-0.05, 0) is 30.9 Å². The Hall–Kier alpha value is -0.740. The minimum atomic E-state index is -3.18. The maximum absolute atomic E-state index is 12.5. The normalized spacial score (nSPS) is 24.3. The van der Waals surface area contributed by atoms with E-state index in [0.717, 1.165) is 25.7 Å². The van der Waals surface area contributed by atoms with Gasteiger partial charge in [-0.3, -0.25) is 0 Å². The van der Waals surface area contributed by atoms with Crippen molar-refractivity contribution >= 4 is 27.1 Å². The van der Waals surface area contributed by atoms with E-state index in [4.69, 9.17) is 17.3 Å². The fraction of sp³-hybridized carbons (Fsp3) is 0.571. The number of benzene rings is 1. The predicted octanol–water partition coefficient (Wildman–Crippen LogP) is 3.42. The average Bonchev–Trinajstić information content (AvgIpc) is 2.34. The van der Waals surface area contributed by atoms with Crippen LogP contribution in [0.3, 0.4) is 0 Å². The van der Waals surface area contributed by atoms with E-state index in [9.17, 15) is 8.42 Å². The van der Waals surface area contributed by atoms with Gasteiger partial charge >= 0.3 is 0 Å². The van der Waals surface area contributed by atoms with Crippen LogP contribution < -0.4 is 5.73 Å². The van der Waals surface area contributed by atoms with E-state index < -0.39 is 9.84 Å². The van der Waals surface area contributed by atoms with E-state index in [1.807, 2.05) is 0 Å². The maximum atomic E-state index is 12.5. The monoisotopic (exact) mass is 301 g/mol. The number of hydrogen-bond donors (Lipinski definition) is 1. The van der Waals surface area contributed by atoms with Crippen molar-refractivity contribution in [3.63, 3.8) is 0 Å². The molecule has 0 spiro atoms. The molecule has 19 heavy (non-hydrogen) atoms. The van der Waals surface area contributed by atoms with Crippen LogP contribution in [-0.4, -0.2) is 13.7 Å². The Morgan fingerprint density at radius 3 is 2.74 bits per heavy atom. The van der Waals surface area contributed by atoms with Gasteiger partial charge in [-0.25, -0.2) is 8.42 Å². The maximum Gasteiger partial charge on any atom is 0.157 e. The Bertz CT molecular complexity index is 536. The summed E-state index contributed by atoms with van der Waals surface area (Å²) in [6.45, 7) is 2.12. The Morgan fingerprint density at radius 1 is 1.37 bits per heavy atom. The van der Waals surface area contributed by atoms with Crippen molar-refractivity contribution < 1.29 is 8.42 Å². The fourth-order valence-corrected chi connectivity index (χ4v) is 5.19. The standard InChI is InChI=1S/C14H20ClNO2S/c1-10-4-2-5-11(8-10)19(17,18)9-12-13(15)6-3-7-14(12)16/h3,6-7,10-11H,2,4-5,8-9,16H2,1H3. The largest absolute Gasteiger partial charge is 0.398 e. The van der Waals surface area contributed by atoms with Crippen molar-refractivity contribution in [1.29, 1.82) is 0 Å². The molecule has 1 fully saturated rings. The summed E-state index contributed by atoms with van der Waals surface area (Å²) in [6, 6.07) is 5.11. The van der Waals surface area contributed by atoms with Gasteiger partial charge in [0.1, 0.15) is 0 Å². The lowest BCUT2D eigenvalue weighted by Crippen LogP contribution is -2.28. The van der Waals surface area contributed by atoms with E-state index in [1.165, 1.54) is 0 Å². The molecule has 0 amide bonds. The first-order chi connectivity index (χ1) is 8.90. The first-order valence-electron chi connectivity index (χ1n) is 6.64. The number of rotatable bonds is 3. The Kier molecular flexibility index (Phi) is 4.41. The topological polar surface area (TPSA) is 60.2 Å². The molecule has 0 aliphatic heterocycles. The zero-order valence-electron chi connectivity index (χ0n) is 11.1. The molecule has 5 heteroatoms. The van der Waals surface area contributed by atoms with E-state index in [-0.39, 0.29) is 11.0 Å². The summed E-state index contributed by atoms with van der Waals surface area (Å²) in [7, 11) is -3.18. The first-order valence-corrected chi connectivity index (χ1v) is 8.74. The minimum absolute atomic E-state index is 0.0457. The number of nitrogen functional groups attached to an aromatic ring is 1. The van der Waals surface area contributed by atoms with Crippen LogP contribution >= 0.6 is 11.6 Å². The zero-order chi connectivity index (χ0) is 14.0. The second-order valence-corrected chi connectivity index (χ2v) is 8.20. The van der Waals surface area contributed by atoms with Gasteiger partial charge in [0.25, 0.3) is 0 Å². The lowest BCUT2D eigenvalue weighted by Gasteiger charge is -2.26. The highest BCUT2D eigenvalue weighted by Crippen LogP contribution is 2.32. The number of nitrogens with two attached hydrogens (primary N) is 1. The van der Waals surface area contributed by atoms with Gasteiger partial charge in [-0.1, -0.05) is 37.4 Å². The van der Waals surface area contributed by atoms with Crippen molar-refractivity contribution in [2.45, 2.75) is 43.6 Å². The second kappa shape index (κ2) is 5.71. The lowest BCUT2D eigenvalue weighted by molar-refractivity contribution is 0.382. The van der Waals surface area contributed by atoms with Crippen LogP contribution in [0.5, 0.6) is 0 Å². The number of sulfone groups is 1. The summed E-state index contributed by atoms with van der Waals surface area (Å²) >= 11 is 6.06. The van der Waals surface area contributed by atoms with Crippen molar-refractivity contribution in [3.05, 3.63) is 28.8 Å². The van der Waals surface area contributed by atoms with Gasteiger partial charge in [0.2, 0.25) is 0 Å². The molecule has 2 rings (SSSR count). The van der Waals surface area contributed by atoms with Crippen LogP contribution in [0.25, 0.3) is 0 Å². The zero-order valence-corrected chi connectivity index (χ0v) is 12.7. The van der Waals surface area contributed by atoms with Crippen LogP contribution in [0.1, 0.15) is 38.2 Å². The molecule has 1 aromatic rings. The molecule has 2 unspecified atom stereocenters. The molecular formula is C14H20ClNO2S. The molecule has 0 radical (unpaired) electrons. The summed E-state index contributed by atoms with van der Waals surface area (Å²) in [6.07, 6.45) is 3.63. The summed E-state index contributed by atoms with van der Waals surface area (Å²) in [4.78, 5) is 0. The van der Waals surface area contributed by atoms with E-state index in [1.54, 1.807) is 18.2 Å². The fourth-order valence-electron chi connectivity index (χ4n) is 2.75. The molecule has 1 aliphatic rings. The Labute approximate surface area is 120 Å². The number of hydrogen-bond acceptors (Lipinski definition) is 3. The highest BCUT2D eigenvalue weighted by atomic mass is 35.5. The van der Waals surface area contributed by atoms with Crippen molar-refractivity contribution in [3.8, 4) is 0 Å². The molecule has 1 aliphatic carbocycles. The van der Waals surface area contributed by atoms with Gasteiger partial charge in [0.05, 0.1) is 11.0 Å². The molecule has 0 heterocycles. The molecule has 2 N–H and O–H groups in total. The highest BCUT2D eigenvalue weighted by Gasteiger charge is 2.31. The van der Waals surface area contributed by atoms with E-state index in [0.29, 0.717) is 22.2 Å². The van der Waals surface area contributed by atoms with Crippen LogP contribution in [0.4, 0.5) is 5.69 Å². The Morgan fingerprint density at radius 2 is 2.11 bits per heavy atom. The summed E-state index contributed by atoms with van der Waals surface area (Å²) in [5.41, 5.74) is 6.84. The quantitative estimate of drug-likeness (QED) is 0.870. The van der Waals surface area contributed by atoms with Gasteiger partial charge in [-0.15, -0.1) is 0 Å². The predicted molar refractivity (Wildman–Crippen MR) is 79.9 cm³/mol. The van der Waals surface area contributed by atoms with Crippen LogP contribution in [0, 0.1) is 5.92 Å².